The van der Waals surface area contributed by atoms with Gasteiger partial charge in [-0.1, -0.05) is 6.08 Å². The largest absolute Gasteiger partial charge is 0.327 e. The fourth-order valence-electron chi connectivity index (χ4n) is 3.74. The van der Waals surface area contributed by atoms with Crippen molar-refractivity contribution in [1.29, 1.82) is 0 Å². The van der Waals surface area contributed by atoms with E-state index in [0.29, 0.717) is 11.8 Å². The van der Waals surface area contributed by atoms with Crippen LogP contribution in [0.15, 0.2) is 43.1 Å². The zero-order chi connectivity index (χ0) is 15.5. The summed E-state index contributed by atoms with van der Waals surface area (Å²) in [6, 6.07) is 7.14. The van der Waals surface area contributed by atoms with Crippen molar-refractivity contribution >= 4 is 10.9 Å². The first-order chi connectivity index (χ1) is 10.7. The number of fused-ring (bicyclic) bond motifs is 1. The van der Waals surface area contributed by atoms with E-state index < -0.39 is 0 Å². The van der Waals surface area contributed by atoms with Gasteiger partial charge in [-0.2, -0.15) is 0 Å². The number of hydrogen-bond donors (Lipinski definition) is 1. The van der Waals surface area contributed by atoms with Gasteiger partial charge in [-0.3, -0.25) is 4.98 Å². The van der Waals surface area contributed by atoms with E-state index in [1.54, 1.807) is 12.1 Å². The summed E-state index contributed by atoms with van der Waals surface area (Å²) in [5.74, 6) is 0.877. The zero-order valence-corrected chi connectivity index (χ0v) is 12.8. The van der Waals surface area contributed by atoms with E-state index >= 15 is 0 Å². The SMILES string of the molecule is C=CCC(N)C1CCC(c2ccnc3ccc(F)cc23)CC1. The summed E-state index contributed by atoms with van der Waals surface area (Å²) in [4.78, 5) is 4.35. The number of rotatable bonds is 4. The number of hydrogen-bond acceptors (Lipinski definition) is 2. The number of pyridine rings is 1. The Morgan fingerprint density at radius 1 is 1.27 bits per heavy atom. The van der Waals surface area contributed by atoms with Crippen LogP contribution in [0.25, 0.3) is 10.9 Å². The first kappa shape index (κ1) is 15.2. The second-order valence-electron chi connectivity index (χ2n) is 6.36. The van der Waals surface area contributed by atoms with Crippen molar-refractivity contribution in [2.45, 2.75) is 44.1 Å². The molecule has 0 aliphatic heterocycles. The predicted molar refractivity (Wildman–Crippen MR) is 89.2 cm³/mol. The molecular formula is C19H23FN2. The first-order valence-electron chi connectivity index (χ1n) is 8.09. The quantitative estimate of drug-likeness (QED) is 0.841. The Balaban J connectivity index is 1.79. The topological polar surface area (TPSA) is 38.9 Å². The van der Waals surface area contributed by atoms with Crippen molar-refractivity contribution < 1.29 is 4.39 Å². The van der Waals surface area contributed by atoms with Crippen molar-refractivity contribution in [3.05, 3.63) is 54.5 Å². The van der Waals surface area contributed by atoms with Gasteiger partial charge in [0.2, 0.25) is 0 Å². The number of nitrogens with two attached hydrogens (primary N) is 1. The minimum atomic E-state index is -0.191. The Kier molecular flexibility index (Phi) is 4.53. The van der Waals surface area contributed by atoms with Crippen LogP contribution >= 0.6 is 0 Å². The molecule has 2 nitrogen and oxygen atoms in total. The Labute approximate surface area is 131 Å². The lowest BCUT2D eigenvalue weighted by Gasteiger charge is -2.32. The van der Waals surface area contributed by atoms with Gasteiger partial charge >= 0.3 is 0 Å². The smallest absolute Gasteiger partial charge is 0.123 e. The third-order valence-corrected chi connectivity index (χ3v) is 4.99. The zero-order valence-electron chi connectivity index (χ0n) is 12.8. The maximum atomic E-state index is 13.6. The lowest BCUT2D eigenvalue weighted by Crippen LogP contribution is -2.32. The summed E-state index contributed by atoms with van der Waals surface area (Å²) in [6.07, 6.45) is 9.15. The molecule has 1 saturated carbocycles. The maximum absolute atomic E-state index is 13.6. The summed E-state index contributed by atoms with van der Waals surface area (Å²) in [5, 5.41) is 0.960. The highest BCUT2D eigenvalue weighted by atomic mass is 19.1. The molecule has 1 aromatic heterocycles. The summed E-state index contributed by atoms with van der Waals surface area (Å²) in [5.41, 5.74) is 8.34. The van der Waals surface area contributed by atoms with Gasteiger partial charge in [0.15, 0.2) is 0 Å². The lowest BCUT2D eigenvalue weighted by atomic mass is 9.75. The molecular weight excluding hydrogens is 275 g/mol. The standard InChI is InChI=1S/C19H23FN2/c1-2-3-18(21)14-6-4-13(5-7-14)16-10-11-22-19-9-8-15(20)12-17(16)19/h2,8-14,18H,1,3-7,21H2. The van der Waals surface area contributed by atoms with Gasteiger partial charge in [0.25, 0.3) is 0 Å². The second-order valence-corrected chi connectivity index (χ2v) is 6.36. The highest BCUT2D eigenvalue weighted by Gasteiger charge is 2.26. The number of aromatic nitrogens is 1. The van der Waals surface area contributed by atoms with E-state index in [1.165, 1.54) is 11.6 Å². The van der Waals surface area contributed by atoms with E-state index in [4.69, 9.17) is 5.73 Å². The summed E-state index contributed by atoms with van der Waals surface area (Å²) >= 11 is 0. The van der Waals surface area contributed by atoms with Gasteiger partial charge < -0.3 is 5.73 Å². The molecule has 0 spiro atoms. The van der Waals surface area contributed by atoms with Crippen LogP contribution in [0.5, 0.6) is 0 Å². The average Bonchev–Trinajstić information content (AvgIpc) is 2.54. The van der Waals surface area contributed by atoms with Gasteiger partial charge in [0.05, 0.1) is 5.52 Å². The second kappa shape index (κ2) is 6.57. The van der Waals surface area contributed by atoms with Crippen LogP contribution in [0.4, 0.5) is 4.39 Å². The van der Waals surface area contributed by atoms with Crippen molar-refractivity contribution in [3.8, 4) is 0 Å². The molecule has 1 atom stereocenters. The van der Waals surface area contributed by atoms with Crippen LogP contribution in [0.3, 0.4) is 0 Å². The molecule has 2 aromatic rings. The molecule has 2 N–H and O–H groups in total. The molecule has 1 unspecified atom stereocenters. The van der Waals surface area contributed by atoms with E-state index in [-0.39, 0.29) is 11.9 Å². The number of halogens is 1. The highest BCUT2D eigenvalue weighted by molar-refractivity contribution is 5.82. The summed E-state index contributed by atoms with van der Waals surface area (Å²) < 4.78 is 13.6. The Morgan fingerprint density at radius 2 is 2.05 bits per heavy atom. The molecule has 22 heavy (non-hydrogen) atoms. The fourth-order valence-corrected chi connectivity index (χ4v) is 3.74. The summed E-state index contributed by atoms with van der Waals surface area (Å²) in [7, 11) is 0. The predicted octanol–water partition coefficient (Wildman–Crippen LogP) is 4.55. The fraction of sp³-hybridized carbons (Fsp3) is 0.421. The Morgan fingerprint density at radius 3 is 2.77 bits per heavy atom. The Bertz CT molecular complexity index is 660. The van der Waals surface area contributed by atoms with E-state index in [2.05, 4.69) is 17.6 Å². The van der Waals surface area contributed by atoms with Gasteiger partial charge in [-0.25, -0.2) is 4.39 Å². The summed E-state index contributed by atoms with van der Waals surface area (Å²) in [6.45, 7) is 3.78. The molecule has 3 rings (SSSR count). The third kappa shape index (κ3) is 3.05. The minimum absolute atomic E-state index is 0.191. The Hall–Kier alpha value is -1.74. The maximum Gasteiger partial charge on any atom is 0.123 e. The van der Waals surface area contributed by atoms with Gasteiger partial charge in [0.1, 0.15) is 5.82 Å². The van der Waals surface area contributed by atoms with Gasteiger partial charge in [0, 0.05) is 17.6 Å². The van der Waals surface area contributed by atoms with Crippen LogP contribution in [-0.4, -0.2) is 11.0 Å². The molecule has 1 heterocycles. The minimum Gasteiger partial charge on any atom is -0.327 e. The van der Waals surface area contributed by atoms with Crippen molar-refractivity contribution in [2.24, 2.45) is 11.7 Å². The highest BCUT2D eigenvalue weighted by Crippen LogP contribution is 2.39. The molecule has 0 radical (unpaired) electrons. The van der Waals surface area contributed by atoms with Crippen LogP contribution in [-0.2, 0) is 0 Å². The third-order valence-electron chi connectivity index (χ3n) is 4.99. The number of nitrogens with zero attached hydrogens (tertiary/aromatic N) is 1. The molecule has 1 aromatic carbocycles. The van der Waals surface area contributed by atoms with Gasteiger partial charge in [-0.05, 0) is 73.8 Å². The van der Waals surface area contributed by atoms with E-state index in [9.17, 15) is 4.39 Å². The van der Waals surface area contributed by atoms with Crippen LogP contribution in [0.2, 0.25) is 0 Å². The van der Waals surface area contributed by atoms with Crippen molar-refractivity contribution in [2.75, 3.05) is 0 Å². The number of benzene rings is 1. The normalized spacial score (nSPS) is 23.4. The molecule has 0 saturated heterocycles. The lowest BCUT2D eigenvalue weighted by molar-refractivity contribution is 0.283. The molecule has 1 aliphatic carbocycles. The molecule has 3 heteroatoms. The van der Waals surface area contributed by atoms with Crippen molar-refractivity contribution in [1.82, 2.24) is 4.98 Å². The molecule has 1 aliphatic rings. The molecule has 0 bridgehead atoms. The van der Waals surface area contributed by atoms with E-state index in [0.717, 1.165) is 43.0 Å². The van der Waals surface area contributed by atoms with Crippen LogP contribution in [0, 0.1) is 11.7 Å². The molecule has 1 fully saturated rings. The van der Waals surface area contributed by atoms with E-state index in [1.807, 2.05) is 12.3 Å². The van der Waals surface area contributed by atoms with Crippen LogP contribution in [0.1, 0.15) is 43.6 Å². The van der Waals surface area contributed by atoms with Gasteiger partial charge in [-0.15, -0.1) is 6.58 Å². The molecule has 0 amide bonds. The monoisotopic (exact) mass is 298 g/mol. The average molecular weight is 298 g/mol. The first-order valence-corrected chi connectivity index (χ1v) is 8.09. The molecule has 116 valence electrons. The van der Waals surface area contributed by atoms with Crippen molar-refractivity contribution in [3.63, 3.8) is 0 Å². The van der Waals surface area contributed by atoms with Crippen LogP contribution < -0.4 is 5.73 Å².